The second-order valence-corrected chi connectivity index (χ2v) is 6.31. The highest BCUT2D eigenvalue weighted by molar-refractivity contribution is 7.09. The van der Waals surface area contributed by atoms with E-state index in [0.717, 1.165) is 34.5 Å². The summed E-state index contributed by atoms with van der Waals surface area (Å²) >= 11 is 7.21. The van der Waals surface area contributed by atoms with E-state index in [1.165, 1.54) is 29.2 Å². The van der Waals surface area contributed by atoms with Gasteiger partial charge < -0.3 is 5.32 Å². The van der Waals surface area contributed by atoms with Crippen LogP contribution in [0.4, 0.5) is 9.52 Å². The lowest BCUT2D eigenvalue weighted by Gasteiger charge is -2.02. The number of anilines is 1. The SMILES string of the molecule is Fc1ccc(Cc2nsc(NCCc3ccc(Cl)cc3)n2)cc1. The van der Waals surface area contributed by atoms with Crippen molar-refractivity contribution in [2.75, 3.05) is 11.9 Å². The lowest BCUT2D eigenvalue weighted by Crippen LogP contribution is -2.04. The first kappa shape index (κ1) is 15.9. The van der Waals surface area contributed by atoms with Crippen molar-refractivity contribution in [2.24, 2.45) is 0 Å². The highest BCUT2D eigenvalue weighted by Crippen LogP contribution is 2.15. The molecule has 118 valence electrons. The predicted molar refractivity (Wildman–Crippen MR) is 92.8 cm³/mol. The number of nitrogens with one attached hydrogen (secondary N) is 1. The fourth-order valence-electron chi connectivity index (χ4n) is 2.15. The summed E-state index contributed by atoms with van der Waals surface area (Å²) in [5.41, 5.74) is 2.22. The molecule has 0 radical (unpaired) electrons. The molecule has 0 spiro atoms. The Kier molecular flexibility index (Phi) is 5.20. The molecule has 0 saturated carbocycles. The summed E-state index contributed by atoms with van der Waals surface area (Å²) < 4.78 is 17.2. The fourth-order valence-corrected chi connectivity index (χ4v) is 2.88. The molecule has 0 atom stereocenters. The largest absolute Gasteiger partial charge is 0.360 e. The third-order valence-electron chi connectivity index (χ3n) is 3.35. The molecule has 0 aliphatic heterocycles. The van der Waals surface area contributed by atoms with Gasteiger partial charge in [-0.2, -0.15) is 4.37 Å². The Morgan fingerprint density at radius 1 is 1.00 bits per heavy atom. The molecule has 1 N–H and O–H groups in total. The van der Waals surface area contributed by atoms with Crippen LogP contribution in [-0.4, -0.2) is 15.9 Å². The Hall–Kier alpha value is -1.98. The van der Waals surface area contributed by atoms with E-state index in [-0.39, 0.29) is 5.82 Å². The molecule has 23 heavy (non-hydrogen) atoms. The van der Waals surface area contributed by atoms with Crippen molar-refractivity contribution in [2.45, 2.75) is 12.8 Å². The van der Waals surface area contributed by atoms with E-state index < -0.39 is 0 Å². The van der Waals surface area contributed by atoms with Gasteiger partial charge in [0.1, 0.15) is 11.6 Å². The normalized spacial score (nSPS) is 10.7. The van der Waals surface area contributed by atoms with Crippen LogP contribution in [0, 0.1) is 5.82 Å². The molecule has 3 aromatic rings. The van der Waals surface area contributed by atoms with Crippen molar-refractivity contribution in [3.63, 3.8) is 0 Å². The lowest BCUT2D eigenvalue weighted by molar-refractivity contribution is 0.627. The van der Waals surface area contributed by atoms with Crippen molar-refractivity contribution >= 4 is 28.3 Å². The third-order valence-corrected chi connectivity index (χ3v) is 4.31. The molecule has 0 saturated heterocycles. The smallest absolute Gasteiger partial charge is 0.202 e. The molecule has 0 bridgehead atoms. The average molecular weight is 348 g/mol. The topological polar surface area (TPSA) is 37.8 Å². The van der Waals surface area contributed by atoms with E-state index in [9.17, 15) is 4.39 Å². The quantitative estimate of drug-likeness (QED) is 0.709. The zero-order chi connectivity index (χ0) is 16.1. The molecule has 0 aliphatic rings. The number of rotatable bonds is 6. The Morgan fingerprint density at radius 2 is 1.70 bits per heavy atom. The minimum Gasteiger partial charge on any atom is -0.360 e. The maximum atomic E-state index is 12.9. The van der Waals surface area contributed by atoms with Gasteiger partial charge in [0.25, 0.3) is 0 Å². The zero-order valence-corrected chi connectivity index (χ0v) is 13.9. The van der Waals surface area contributed by atoms with Crippen LogP contribution in [-0.2, 0) is 12.8 Å². The fraction of sp³-hybridized carbons (Fsp3) is 0.176. The van der Waals surface area contributed by atoms with E-state index in [2.05, 4.69) is 14.7 Å². The summed E-state index contributed by atoms with van der Waals surface area (Å²) in [5, 5.41) is 4.82. The second-order valence-electron chi connectivity index (χ2n) is 5.12. The van der Waals surface area contributed by atoms with E-state index in [0.29, 0.717) is 6.42 Å². The van der Waals surface area contributed by atoms with Crippen LogP contribution in [0.25, 0.3) is 0 Å². The van der Waals surface area contributed by atoms with Gasteiger partial charge in [-0.25, -0.2) is 9.37 Å². The molecule has 6 heteroatoms. The van der Waals surface area contributed by atoms with Gasteiger partial charge in [-0.15, -0.1) is 0 Å². The van der Waals surface area contributed by atoms with Gasteiger partial charge in [0, 0.05) is 29.5 Å². The summed E-state index contributed by atoms with van der Waals surface area (Å²) in [7, 11) is 0. The Morgan fingerprint density at radius 3 is 2.43 bits per heavy atom. The minimum atomic E-state index is -0.232. The van der Waals surface area contributed by atoms with Crippen molar-refractivity contribution in [3.05, 3.63) is 76.3 Å². The van der Waals surface area contributed by atoms with E-state index >= 15 is 0 Å². The number of hydrogen-bond donors (Lipinski definition) is 1. The highest BCUT2D eigenvalue weighted by atomic mass is 35.5. The van der Waals surface area contributed by atoms with Gasteiger partial charge in [-0.3, -0.25) is 0 Å². The molecule has 0 fully saturated rings. The Balaban J connectivity index is 1.51. The second kappa shape index (κ2) is 7.53. The van der Waals surface area contributed by atoms with Gasteiger partial charge >= 0.3 is 0 Å². The first-order valence-corrected chi connectivity index (χ1v) is 8.39. The van der Waals surface area contributed by atoms with Crippen LogP contribution in [0.15, 0.2) is 48.5 Å². The molecule has 2 aromatic carbocycles. The molecule has 0 amide bonds. The molecule has 1 aromatic heterocycles. The van der Waals surface area contributed by atoms with E-state index in [1.54, 1.807) is 12.1 Å². The van der Waals surface area contributed by atoms with Gasteiger partial charge in [-0.1, -0.05) is 35.9 Å². The molecule has 3 rings (SSSR count). The highest BCUT2D eigenvalue weighted by Gasteiger charge is 2.05. The van der Waals surface area contributed by atoms with Gasteiger partial charge in [0.05, 0.1) is 0 Å². The summed E-state index contributed by atoms with van der Waals surface area (Å²) in [6.07, 6.45) is 1.50. The number of nitrogens with zero attached hydrogens (tertiary/aromatic N) is 2. The van der Waals surface area contributed by atoms with Crippen molar-refractivity contribution < 1.29 is 4.39 Å². The van der Waals surface area contributed by atoms with Crippen LogP contribution >= 0.6 is 23.1 Å². The third kappa shape index (κ3) is 4.74. The first-order valence-electron chi connectivity index (χ1n) is 7.24. The number of hydrogen-bond acceptors (Lipinski definition) is 4. The van der Waals surface area contributed by atoms with E-state index in [1.807, 2.05) is 24.3 Å². The molecule has 1 heterocycles. The van der Waals surface area contributed by atoms with Crippen LogP contribution in [0.3, 0.4) is 0 Å². The van der Waals surface area contributed by atoms with Crippen molar-refractivity contribution in [1.29, 1.82) is 0 Å². The summed E-state index contributed by atoms with van der Waals surface area (Å²) in [6.45, 7) is 0.785. The Labute approximate surface area is 143 Å². The monoisotopic (exact) mass is 347 g/mol. The molecule has 3 nitrogen and oxygen atoms in total. The van der Waals surface area contributed by atoms with Gasteiger partial charge in [-0.05, 0) is 41.8 Å². The standard InChI is InChI=1S/C17H15ClFN3S/c18-14-5-1-12(2-6-14)9-10-20-17-21-16(22-23-17)11-13-3-7-15(19)8-4-13/h1-8H,9-11H2,(H,20,21,22). The summed E-state index contributed by atoms with van der Waals surface area (Å²) in [5.74, 6) is 0.514. The van der Waals surface area contributed by atoms with Crippen molar-refractivity contribution in [3.8, 4) is 0 Å². The number of benzene rings is 2. The predicted octanol–water partition coefficient (Wildman–Crippen LogP) is 4.58. The van der Waals surface area contributed by atoms with Crippen LogP contribution in [0.1, 0.15) is 17.0 Å². The summed E-state index contributed by atoms with van der Waals surface area (Å²) in [6, 6.07) is 14.2. The number of halogens is 2. The van der Waals surface area contributed by atoms with Gasteiger partial charge in [0.15, 0.2) is 0 Å². The van der Waals surface area contributed by atoms with Crippen LogP contribution in [0.5, 0.6) is 0 Å². The van der Waals surface area contributed by atoms with Crippen LogP contribution in [0.2, 0.25) is 5.02 Å². The lowest BCUT2D eigenvalue weighted by atomic mass is 10.1. The molecule has 0 unspecified atom stereocenters. The maximum absolute atomic E-state index is 12.9. The molecular weight excluding hydrogens is 333 g/mol. The van der Waals surface area contributed by atoms with Crippen LogP contribution < -0.4 is 5.32 Å². The first-order chi connectivity index (χ1) is 11.2. The molecule has 0 aliphatic carbocycles. The zero-order valence-electron chi connectivity index (χ0n) is 12.3. The number of aromatic nitrogens is 2. The summed E-state index contributed by atoms with van der Waals surface area (Å²) in [4.78, 5) is 4.45. The molecular formula is C17H15ClFN3S. The van der Waals surface area contributed by atoms with E-state index in [4.69, 9.17) is 11.6 Å². The minimum absolute atomic E-state index is 0.232. The Bertz CT molecular complexity index is 756. The van der Waals surface area contributed by atoms with Crippen molar-refractivity contribution in [1.82, 2.24) is 9.36 Å². The van der Waals surface area contributed by atoms with Gasteiger partial charge in [0.2, 0.25) is 5.13 Å². The maximum Gasteiger partial charge on any atom is 0.202 e. The average Bonchev–Trinajstić information content (AvgIpc) is 2.99.